The fourth-order valence-electron chi connectivity index (χ4n) is 6.64. The Hall–Kier alpha value is -0.454. The van der Waals surface area contributed by atoms with Gasteiger partial charge in [0.25, 0.3) is 0 Å². The average Bonchev–Trinajstić information content (AvgIpc) is 3.10. The van der Waals surface area contributed by atoms with E-state index in [0.717, 1.165) is 38.5 Å². The zero-order valence-electron chi connectivity index (χ0n) is 33.5. The minimum Gasteiger partial charge on any atom is -0.550 e. The molecule has 0 aromatic carbocycles. The molecule has 8 nitrogen and oxygen atoms in total. The molecule has 0 amide bonds. The Morgan fingerprint density at radius 2 is 0.608 bits per heavy atom. The Morgan fingerprint density at radius 3 is 0.784 bits per heavy atom. The number of hydrogen-bond acceptors (Lipinski definition) is 8. The van der Waals surface area contributed by atoms with Gasteiger partial charge in [-0.05, 0) is 25.7 Å². The van der Waals surface area contributed by atoms with Crippen molar-refractivity contribution in [1.29, 1.82) is 0 Å². The molecule has 0 spiro atoms. The van der Waals surface area contributed by atoms with E-state index in [9.17, 15) is 30.0 Å². The number of aliphatic hydroxyl groups excluding tert-OH is 4. The molecule has 0 saturated heterocycles. The Labute approximate surface area is 330 Å². The van der Waals surface area contributed by atoms with Crippen molar-refractivity contribution >= 4 is 35.0 Å². The number of hydrogen-bond donors (Lipinski definition) is 4. The van der Waals surface area contributed by atoms with Crippen LogP contribution in [0.3, 0.4) is 0 Å². The van der Waals surface area contributed by atoms with E-state index < -0.39 is 36.0 Å². The number of aliphatic hydroxyl groups is 4. The second kappa shape index (κ2) is 43.9. The smallest absolute Gasteiger partial charge is 0.550 e. The van der Waals surface area contributed by atoms with Crippen molar-refractivity contribution in [3.63, 3.8) is 0 Å². The number of aliphatic carboxylic acids is 2. The SMILES string of the molecule is CCCCCCCCCCCCCCCCC(CC(O)CO)C(=O)[O-].CCCCCCCCCCCCCCCCC(CC(O)CO)C(=O)[O-].[Mg+2]. The maximum atomic E-state index is 11.0. The molecule has 0 aromatic rings. The number of carboxylic acid groups (broad SMARTS) is 2. The molecule has 9 heteroatoms. The number of carboxylic acids is 2. The molecule has 4 atom stereocenters. The zero-order valence-corrected chi connectivity index (χ0v) is 34.9. The van der Waals surface area contributed by atoms with Crippen LogP contribution in [0.1, 0.15) is 219 Å². The van der Waals surface area contributed by atoms with Gasteiger partial charge in [-0.15, -0.1) is 0 Å². The predicted molar refractivity (Wildman–Crippen MR) is 208 cm³/mol. The van der Waals surface area contributed by atoms with Crippen LogP contribution < -0.4 is 10.2 Å². The summed E-state index contributed by atoms with van der Waals surface area (Å²) >= 11 is 0. The van der Waals surface area contributed by atoms with Crippen molar-refractivity contribution in [2.24, 2.45) is 11.8 Å². The summed E-state index contributed by atoms with van der Waals surface area (Å²) in [6, 6.07) is 0. The van der Waals surface area contributed by atoms with Crippen LogP contribution in [0.2, 0.25) is 0 Å². The summed E-state index contributed by atoms with van der Waals surface area (Å²) in [7, 11) is 0. The summed E-state index contributed by atoms with van der Waals surface area (Å²) in [5.41, 5.74) is 0. The first kappa shape index (κ1) is 54.9. The molecule has 0 fully saturated rings. The molecule has 4 N–H and O–H groups in total. The molecular weight excluding hydrogens is 657 g/mol. The van der Waals surface area contributed by atoms with Crippen molar-refractivity contribution in [2.45, 2.75) is 232 Å². The van der Waals surface area contributed by atoms with E-state index in [2.05, 4.69) is 13.8 Å². The molecule has 0 aliphatic carbocycles. The first-order valence-electron chi connectivity index (χ1n) is 21.2. The minimum absolute atomic E-state index is 0. The Kier molecular flexibility index (Phi) is 47.3. The Bertz CT molecular complexity index is 652. The van der Waals surface area contributed by atoms with Gasteiger partial charge in [0.05, 0.1) is 25.4 Å². The van der Waals surface area contributed by atoms with Gasteiger partial charge in [-0.1, -0.05) is 194 Å². The largest absolute Gasteiger partial charge is 2.00 e. The molecule has 0 bridgehead atoms. The topological polar surface area (TPSA) is 161 Å². The van der Waals surface area contributed by atoms with E-state index in [4.69, 9.17) is 10.2 Å². The van der Waals surface area contributed by atoms with Crippen LogP contribution in [0, 0.1) is 11.8 Å². The maximum absolute atomic E-state index is 11.0. The first-order chi connectivity index (χ1) is 24.2. The molecule has 4 unspecified atom stereocenters. The maximum Gasteiger partial charge on any atom is 2.00 e. The van der Waals surface area contributed by atoms with Crippen LogP contribution >= 0.6 is 0 Å². The third kappa shape index (κ3) is 42.2. The van der Waals surface area contributed by atoms with Crippen LogP contribution in [0.15, 0.2) is 0 Å². The van der Waals surface area contributed by atoms with E-state index >= 15 is 0 Å². The standard InChI is InChI=1S/2C21H42O4.Mg/c2*1-2-3-4-5-6-7-8-9-10-11-12-13-14-15-16-19(21(24)25)17-20(23)18-22;/h2*19-20,22-23H,2-18H2,1H3,(H,24,25);/q;;+2/p-2. The Balaban J connectivity index is -0.000000886. The van der Waals surface area contributed by atoms with Gasteiger partial charge in [-0.25, -0.2) is 0 Å². The summed E-state index contributed by atoms with van der Waals surface area (Å²) in [5, 5.41) is 58.3. The molecule has 0 radical (unpaired) electrons. The van der Waals surface area contributed by atoms with Gasteiger partial charge in [0.2, 0.25) is 0 Å². The second-order valence-electron chi connectivity index (χ2n) is 14.9. The third-order valence-electron chi connectivity index (χ3n) is 10.0. The van der Waals surface area contributed by atoms with Crippen molar-refractivity contribution in [1.82, 2.24) is 0 Å². The Morgan fingerprint density at radius 1 is 0.412 bits per heavy atom. The van der Waals surface area contributed by atoms with Crippen LogP contribution in [-0.4, -0.2) is 80.8 Å². The quantitative estimate of drug-likeness (QED) is 0.0373. The van der Waals surface area contributed by atoms with Gasteiger partial charge in [-0.3, -0.25) is 0 Å². The van der Waals surface area contributed by atoms with E-state index in [1.165, 1.54) is 141 Å². The van der Waals surface area contributed by atoms with Gasteiger partial charge in [0.15, 0.2) is 0 Å². The summed E-state index contributed by atoms with van der Waals surface area (Å²) in [4.78, 5) is 22.0. The monoisotopic (exact) mass is 739 g/mol. The number of carbonyl (C=O) groups excluding carboxylic acids is 2. The summed E-state index contributed by atoms with van der Waals surface area (Å²) in [6.45, 7) is 3.73. The molecule has 0 aliphatic rings. The van der Waals surface area contributed by atoms with E-state index in [1.54, 1.807) is 0 Å². The molecule has 0 aliphatic heterocycles. The van der Waals surface area contributed by atoms with Crippen molar-refractivity contribution in [3.8, 4) is 0 Å². The molecule has 0 aromatic heterocycles. The number of rotatable bonds is 38. The molecule has 0 heterocycles. The van der Waals surface area contributed by atoms with E-state index in [0.29, 0.717) is 12.8 Å². The van der Waals surface area contributed by atoms with Crippen molar-refractivity contribution < 1.29 is 40.2 Å². The van der Waals surface area contributed by atoms with E-state index in [1.807, 2.05) is 0 Å². The normalized spacial score (nSPS) is 13.5. The summed E-state index contributed by atoms with van der Waals surface area (Å²) < 4.78 is 0. The van der Waals surface area contributed by atoms with Crippen LogP contribution in [0.4, 0.5) is 0 Å². The number of carbonyl (C=O) groups is 2. The van der Waals surface area contributed by atoms with Crippen LogP contribution in [-0.2, 0) is 9.59 Å². The van der Waals surface area contributed by atoms with Crippen LogP contribution in [0.25, 0.3) is 0 Å². The summed E-state index contributed by atoms with van der Waals surface area (Å²) in [6.07, 6.45) is 35.1. The second-order valence-corrected chi connectivity index (χ2v) is 14.9. The van der Waals surface area contributed by atoms with Crippen molar-refractivity contribution in [3.05, 3.63) is 0 Å². The predicted octanol–water partition coefficient (Wildman–Crippen LogP) is 7.55. The molecule has 300 valence electrons. The van der Waals surface area contributed by atoms with Crippen molar-refractivity contribution in [2.75, 3.05) is 13.2 Å². The zero-order chi connectivity index (χ0) is 37.5. The molecule has 0 rings (SSSR count). The summed E-state index contributed by atoms with van der Waals surface area (Å²) in [5.74, 6) is -3.50. The first-order valence-corrected chi connectivity index (χ1v) is 21.2. The van der Waals surface area contributed by atoms with Gasteiger partial charge in [0.1, 0.15) is 0 Å². The van der Waals surface area contributed by atoms with E-state index in [-0.39, 0.29) is 49.1 Å². The van der Waals surface area contributed by atoms with Gasteiger partial charge < -0.3 is 40.2 Å². The average molecular weight is 739 g/mol. The fourth-order valence-corrected chi connectivity index (χ4v) is 6.64. The fraction of sp³-hybridized carbons (Fsp3) is 0.952. The van der Waals surface area contributed by atoms with Crippen LogP contribution in [0.5, 0.6) is 0 Å². The van der Waals surface area contributed by atoms with Gasteiger partial charge >= 0.3 is 23.1 Å². The number of unbranched alkanes of at least 4 members (excludes halogenated alkanes) is 26. The third-order valence-corrected chi connectivity index (χ3v) is 10.0. The molecule has 0 saturated carbocycles. The minimum atomic E-state index is -1.11. The van der Waals surface area contributed by atoms with Gasteiger partial charge in [-0.2, -0.15) is 0 Å². The molecule has 51 heavy (non-hydrogen) atoms. The molecular formula is C42H82MgO8. The van der Waals surface area contributed by atoms with Gasteiger partial charge in [0, 0.05) is 23.8 Å².